The van der Waals surface area contributed by atoms with E-state index in [9.17, 15) is 0 Å². The monoisotopic (exact) mass is 457 g/mol. The van der Waals surface area contributed by atoms with Crippen molar-refractivity contribution in [2.75, 3.05) is 14.2 Å². The molecule has 8 nitrogen and oxygen atoms in total. The molecule has 0 unspecified atom stereocenters. The molecule has 2 aromatic carbocycles. The number of nitrogens with zero attached hydrogens (tertiary/aromatic N) is 5. The van der Waals surface area contributed by atoms with Gasteiger partial charge in [0.1, 0.15) is 0 Å². The standard InChI is InChI=1S/C21H20ClN5O3S/c1-4-27-19(14-7-5-6-8-15(14)22)24-26-21(27)31-12-18-23-25-20(30-18)13-9-10-16(28-2)17(11-13)29-3/h5-11H,4,12H2,1-3H3. The molecule has 0 bridgehead atoms. The average molecular weight is 458 g/mol. The van der Waals surface area contributed by atoms with E-state index >= 15 is 0 Å². The largest absolute Gasteiger partial charge is 0.493 e. The molecule has 0 radical (unpaired) electrons. The van der Waals surface area contributed by atoms with Gasteiger partial charge >= 0.3 is 0 Å². The summed E-state index contributed by atoms with van der Waals surface area (Å²) in [5.74, 6) is 3.31. The molecule has 160 valence electrons. The van der Waals surface area contributed by atoms with Crippen LogP contribution in [0.2, 0.25) is 5.02 Å². The number of halogens is 1. The van der Waals surface area contributed by atoms with E-state index in [1.54, 1.807) is 26.4 Å². The summed E-state index contributed by atoms with van der Waals surface area (Å²) < 4.78 is 18.4. The minimum absolute atomic E-state index is 0.408. The van der Waals surface area contributed by atoms with Crippen LogP contribution in [0.1, 0.15) is 12.8 Å². The Balaban J connectivity index is 1.51. The van der Waals surface area contributed by atoms with Gasteiger partial charge in [-0.25, -0.2) is 0 Å². The smallest absolute Gasteiger partial charge is 0.247 e. The summed E-state index contributed by atoms with van der Waals surface area (Å²) in [5, 5.41) is 18.3. The molecule has 0 amide bonds. The van der Waals surface area contributed by atoms with Crippen molar-refractivity contribution in [2.45, 2.75) is 24.4 Å². The predicted molar refractivity (Wildman–Crippen MR) is 119 cm³/mol. The van der Waals surface area contributed by atoms with Gasteiger partial charge in [0.05, 0.1) is 25.0 Å². The van der Waals surface area contributed by atoms with Gasteiger partial charge in [0, 0.05) is 17.7 Å². The maximum atomic E-state index is 6.33. The summed E-state index contributed by atoms with van der Waals surface area (Å²) in [6.45, 7) is 2.74. The van der Waals surface area contributed by atoms with E-state index in [1.807, 2.05) is 41.8 Å². The molecule has 0 saturated heterocycles. The normalized spacial score (nSPS) is 11.0. The van der Waals surface area contributed by atoms with Gasteiger partial charge in [-0.3, -0.25) is 0 Å². The van der Waals surface area contributed by atoms with Gasteiger partial charge in [0.15, 0.2) is 22.5 Å². The number of aromatic nitrogens is 5. The number of hydrogen-bond donors (Lipinski definition) is 0. The number of ether oxygens (including phenoxy) is 2. The lowest BCUT2D eigenvalue weighted by Gasteiger charge is -2.08. The van der Waals surface area contributed by atoms with E-state index in [4.69, 9.17) is 25.5 Å². The van der Waals surface area contributed by atoms with Gasteiger partial charge in [0.25, 0.3) is 0 Å². The Morgan fingerprint density at radius 2 is 1.81 bits per heavy atom. The first-order valence-corrected chi connectivity index (χ1v) is 10.9. The summed E-state index contributed by atoms with van der Waals surface area (Å²) in [4.78, 5) is 0. The van der Waals surface area contributed by atoms with Crippen LogP contribution in [0, 0.1) is 0 Å². The Hall–Kier alpha value is -3.04. The Labute approximate surface area is 188 Å². The molecule has 0 aliphatic carbocycles. The molecule has 4 aromatic rings. The van der Waals surface area contributed by atoms with E-state index in [0.717, 1.165) is 22.1 Å². The minimum Gasteiger partial charge on any atom is -0.493 e. The van der Waals surface area contributed by atoms with Crippen LogP contribution in [-0.2, 0) is 12.3 Å². The highest BCUT2D eigenvalue weighted by atomic mass is 35.5. The van der Waals surface area contributed by atoms with Crippen molar-refractivity contribution < 1.29 is 13.9 Å². The minimum atomic E-state index is 0.408. The molecule has 0 aliphatic heterocycles. The van der Waals surface area contributed by atoms with Gasteiger partial charge in [-0.15, -0.1) is 20.4 Å². The topological polar surface area (TPSA) is 88.1 Å². The van der Waals surface area contributed by atoms with Crippen molar-refractivity contribution in [3.05, 3.63) is 53.4 Å². The van der Waals surface area contributed by atoms with Crippen molar-refractivity contribution in [1.29, 1.82) is 0 Å². The summed E-state index contributed by atoms with van der Waals surface area (Å²) in [5.41, 5.74) is 1.60. The third-order valence-corrected chi connectivity index (χ3v) is 5.85. The molecule has 0 fully saturated rings. The number of thioether (sulfide) groups is 1. The van der Waals surface area contributed by atoms with E-state index < -0.39 is 0 Å². The first-order valence-electron chi connectivity index (χ1n) is 9.50. The van der Waals surface area contributed by atoms with Gasteiger partial charge in [0.2, 0.25) is 11.8 Å². The molecule has 2 heterocycles. The van der Waals surface area contributed by atoms with Crippen molar-refractivity contribution in [2.24, 2.45) is 0 Å². The first kappa shape index (κ1) is 21.2. The van der Waals surface area contributed by atoms with Gasteiger partial charge < -0.3 is 18.5 Å². The van der Waals surface area contributed by atoms with Crippen LogP contribution in [0.25, 0.3) is 22.8 Å². The lowest BCUT2D eigenvalue weighted by Crippen LogP contribution is -2.00. The maximum absolute atomic E-state index is 6.33. The van der Waals surface area contributed by atoms with Gasteiger partial charge in [-0.1, -0.05) is 35.5 Å². The number of methoxy groups -OCH3 is 2. The molecule has 0 saturated carbocycles. The molecular weight excluding hydrogens is 438 g/mol. The molecule has 10 heteroatoms. The van der Waals surface area contributed by atoms with Crippen molar-refractivity contribution in [3.8, 4) is 34.3 Å². The fourth-order valence-corrected chi connectivity index (χ4v) is 4.11. The third kappa shape index (κ3) is 4.38. The zero-order valence-corrected chi connectivity index (χ0v) is 18.8. The van der Waals surface area contributed by atoms with Gasteiger partial charge in [-0.2, -0.15) is 0 Å². The molecule has 0 atom stereocenters. The summed E-state index contributed by atoms with van der Waals surface area (Å²) in [7, 11) is 3.17. The lowest BCUT2D eigenvalue weighted by atomic mass is 10.2. The molecule has 4 rings (SSSR count). The summed E-state index contributed by atoms with van der Waals surface area (Å²) >= 11 is 7.81. The fraction of sp³-hybridized carbons (Fsp3) is 0.238. The van der Waals surface area contributed by atoms with Crippen LogP contribution in [0.15, 0.2) is 52.0 Å². The highest BCUT2D eigenvalue weighted by Gasteiger charge is 2.17. The van der Waals surface area contributed by atoms with Crippen LogP contribution in [0.4, 0.5) is 0 Å². The van der Waals surface area contributed by atoms with E-state index in [0.29, 0.717) is 40.6 Å². The number of rotatable bonds is 8. The Morgan fingerprint density at radius 3 is 2.55 bits per heavy atom. The second-order valence-electron chi connectivity index (χ2n) is 6.39. The zero-order chi connectivity index (χ0) is 21.8. The third-order valence-electron chi connectivity index (χ3n) is 4.57. The second kappa shape index (κ2) is 9.40. The quantitative estimate of drug-likeness (QED) is 0.342. The fourth-order valence-electron chi connectivity index (χ4n) is 3.05. The number of hydrogen-bond acceptors (Lipinski definition) is 8. The summed E-state index contributed by atoms with van der Waals surface area (Å²) in [6.07, 6.45) is 0. The van der Waals surface area contributed by atoms with Crippen LogP contribution in [0.3, 0.4) is 0 Å². The maximum Gasteiger partial charge on any atom is 0.247 e. The highest BCUT2D eigenvalue weighted by molar-refractivity contribution is 7.98. The molecule has 31 heavy (non-hydrogen) atoms. The van der Waals surface area contributed by atoms with Crippen LogP contribution >= 0.6 is 23.4 Å². The molecule has 0 N–H and O–H groups in total. The van der Waals surface area contributed by atoms with E-state index in [-0.39, 0.29) is 0 Å². The van der Waals surface area contributed by atoms with Gasteiger partial charge in [-0.05, 0) is 37.3 Å². The van der Waals surface area contributed by atoms with Crippen molar-refractivity contribution >= 4 is 23.4 Å². The molecule has 0 spiro atoms. The average Bonchev–Trinajstić information content (AvgIpc) is 3.44. The van der Waals surface area contributed by atoms with E-state index in [2.05, 4.69) is 20.4 Å². The SMILES string of the molecule is CCn1c(SCc2nnc(-c3ccc(OC)c(OC)c3)o2)nnc1-c1ccccc1Cl. The van der Waals surface area contributed by atoms with E-state index in [1.165, 1.54) is 11.8 Å². The first-order chi connectivity index (χ1) is 15.1. The van der Waals surface area contributed by atoms with Crippen molar-refractivity contribution in [1.82, 2.24) is 25.0 Å². The highest BCUT2D eigenvalue weighted by Crippen LogP contribution is 2.33. The van der Waals surface area contributed by atoms with Crippen LogP contribution in [0.5, 0.6) is 11.5 Å². The molecule has 0 aliphatic rings. The van der Waals surface area contributed by atoms with Crippen LogP contribution < -0.4 is 9.47 Å². The second-order valence-corrected chi connectivity index (χ2v) is 7.74. The Morgan fingerprint density at radius 1 is 1.00 bits per heavy atom. The molecule has 2 aromatic heterocycles. The van der Waals surface area contributed by atoms with Crippen molar-refractivity contribution in [3.63, 3.8) is 0 Å². The Bertz CT molecular complexity index is 1190. The Kier molecular flexibility index (Phi) is 6.43. The predicted octanol–water partition coefficient (Wildman–Crippen LogP) is 4.98. The molecular formula is C21H20ClN5O3S. The lowest BCUT2D eigenvalue weighted by molar-refractivity contribution is 0.355. The number of benzene rings is 2. The van der Waals surface area contributed by atoms with Crippen LogP contribution in [-0.4, -0.2) is 39.2 Å². The summed E-state index contributed by atoms with van der Waals surface area (Å²) in [6, 6.07) is 13.0. The zero-order valence-electron chi connectivity index (χ0n) is 17.2.